The highest BCUT2D eigenvalue weighted by atomic mass is 16.2. The molecule has 2 saturated heterocycles. The molecule has 2 amide bonds. The van der Waals surface area contributed by atoms with E-state index in [9.17, 15) is 9.59 Å². The normalized spacial score (nSPS) is 19.1. The van der Waals surface area contributed by atoms with Crippen LogP contribution >= 0.6 is 0 Å². The summed E-state index contributed by atoms with van der Waals surface area (Å²) >= 11 is 0. The van der Waals surface area contributed by atoms with Crippen molar-refractivity contribution in [2.75, 3.05) is 19.6 Å². The maximum absolute atomic E-state index is 12.7. The Morgan fingerprint density at radius 2 is 1.32 bits per heavy atom. The van der Waals surface area contributed by atoms with Crippen LogP contribution in [0.5, 0.6) is 0 Å². The standard InChI is InChI=1S/C27H48N2O2/c1-2-3-4-5-6-7-8-9-10-11-12-13-14-15-16-21-26(30)29-24-19-20-25(29)27(31)28-22-17-18-23-28/h9-10,25H,2-8,11-24H2,1H3/b10-9-/t25-/m0/s1. The summed E-state index contributed by atoms with van der Waals surface area (Å²) in [6, 6.07) is -0.172. The Morgan fingerprint density at radius 1 is 0.742 bits per heavy atom. The molecule has 2 heterocycles. The Morgan fingerprint density at radius 3 is 1.97 bits per heavy atom. The molecule has 4 heteroatoms. The lowest BCUT2D eigenvalue weighted by molar-refractivity contribution is -0.143. The quantitative estimate of drug-likeness (QED) is 0.203. The monoisotopic (exact) mass is 432 g/mol. The second-order valence-electron chi connectivity index (χ2n) is 9.61. The topological polar surface area (TPSA) is 40.6 Å². The second-order valence-corrected chi connectivity index (χ2v) is 9.61. The zero-order chi connectivity index (χ0) is 22.2. The Hall–Kier alpha value is -1.32. The molecule has 178 valence electrons. The maximum Gasteiger partial charge on any atom is 0.245 e. The van der Waals surface area contributed by atoms with Gasteiger partial charge in [-0.25, -0.2) is 0 Å². The average molecular weight is 433 g/mol. The number of rotatable bonds is 16. The first-order valence-electron chi connectivity index (χ1n) is 13.5. The molecule has 0 spiro atoms. The van der Waals surface area contributed by atoms with Crippen molar-refractivity contribution in [1.82, 2.24) is 9.80 Å². The van der Waals surface area contributed by atoms with Crippen LogP contribution in [0.15, 0.2) is 12.2 Å². The zero-order valence-corrected chi connectivity index (χ0v) is 20.3. The number of likely N-dealkylation sites (tertiary alicyclic amines) is 2. The summed E-state index contributed by atoms with van der Waals surface area (Å²) in [5, 5.41) is 0. The fourth-order valence-corrected chi connectivity index (χ4v) is 4.96. The number of nitrogens with zero attached hydrogens (tertiary/aromatic N) is 2. The van der Waals surface area contributed by atoms with Crippen LogP contribution in [0, 0.1) is 0 Å². The molecule has 4 nitrogen and oxygen atoms in total. The first-order chi connectivity index (χ1) is 15.2. The minimum atomic E-state index is -0.172. The van der Waals surface area contributed by atoms with E-state index in [1.807, 2.05) is 9.80 Å². The van der Waals surface area contributed by atoms with Crippen molar-refractivity contribution in [2.45, 2.75) is 129 Å². The van der Waals surface area contributed by atoms with Gasteiger partial charge in [-0.3, -0.25) is 9.59 Å². The van der Waals surface area contributed by atoms with Crippen molar-refractivity contribution >= 4 is 11.8 Å². The van der Waals surface area contributed by atoms with E-state index >= 15 is 0 Å². The van der Waals surface area contributed by atoms with Crippen LogP contribution in [0.3, 0.4) is 0 Å². The van der Waals surface area contributed by atoms with Gasteiger partial charge in [0.15, 0.2) is 0 Å². The largest absolute Gasteiger partial charge is 0.341 e. The van der Waals surface area contributed by atoms with Crippen molar-refractivity contribution in [3.63, 3.8) is 0 Å². The van der Waals surface area contributed by atoms with Crippen LogP contribution < -0.4 is 0 Å². The molecular weight excluding hydrogens is 384 g/mol. The van der Waals surface area contributed by atoms with Crippen molar-refractivity contribution in [3.05, 3.63) is 12.2 Å². The van der Waals surface area contributed by atoms with Crippen molar-refractivity contribution < 1.29 is 9.59 Å². The highest BCUT2D eigenvalue weighted by Crippen LogP contribution is 2.23. The molecule has 31 heavy (non-hydrogen) atoms. The Balaban J connectivity index is 1.44. The number of hydrogen-bond acceptors (Lipinski definition) is 2. The lowest BCUT2D eigenvalue weighted by Crippen LogP contribution is -2.46. The van der Waals surface area contributed by atoms with Gasteiger partial charge in [-0.15, -0.1) is 0 Å². The summed E-state index contributed by atoms with van der Waals surface area (Å²) in [5.41, 5.74) is 0. The highest BCUT2D eigenvalue weighted by molar-refractivity contribution is 5.88. The summed E-state index contributed by atoms with van der Waals surface area (Å²) in [7, 11) is 0. The second kappa shape index (κ2) is 16.3. The zero-order valence-electron chi connectivity index (χ0n) is 20.3. The van der Waals surface area contributed by atoms with E-state index in [1.54, 1.807) is 0 Å². The molecule has 2 rings (SSSR count). The van der Waals surface area contributed by atoms with E-state index in [1.165, 1.54) is 70.6 Å². The van der Waals surface area contributed by atoms with E-state index in [-0.39, 0.29) is 17.9 Å². The van der Waals surface area contributed by atoms with Gasteiger partial charge >= 0.3 is 0 Å². The molecule has 2 aliphatic rings. The number of carbonyl (C=O) groups excluding carboxylic acids is 2. The van der Waals surface area contributed by atoms with Crippen LogP contribution in [0.4, 0.5) is 0 Å². The molecule has 2 aliphatic heterocycles. The summed E-state index contributed by atoms with van der Waals surface area (Å²) in [5.74, 6) is 0.403. The third-order valence-corrected chi connectivity index (χ3v) is 6.93. The van der Waals surface area contributed by atoms with E-state index < -0.39 is 0 Å². The summed E-state index contributed by atoms with van der Waals surface area (Å²) in [6.45, 7) is 4.80. The first kappa shape index (κ1) is 25.9. The predicted octanol–water partition coefficient (Wildman–Crippen LogP) is 6.64. The molecule has 0 aromatic carbocycles. The molecule has 0 aliphatic carbocycles. The minimum absolute atomic E-state index is 0.172. The van der Waals surface area contributed by atoms with Gasteiger partial charge in [-0.2, -0.15) is 0 Å². The van der Waals surface area contributed by atoms with E-state index in [0.29, 0.717) is 6.42 Å². The van der Waals surface area contributed by atoms with Gasteiger partial charge in [0, 0.05) is 26.1 Å². The SMILES string of the molecule is CCCCCCCC/C=C\CCCCCCCC(=O)N1CCC[C@H]1C(=O)N1CCCC1. The highest BCUT2D eigenvalue weighted by Gasteiger charge is 2.36. The number of amides is 2. The molecule has 0 saturated carbocycles. The van der Waals surface area contributed by atoms with E-state index in [4.69, 9.17) is 0 Å². The van der Waals surface area contributed by atoms with Gasteiger partial charge < -0.3 is 9.80 Å². The molecule has 0 unspecified atom stereocenters. The van der Waals surface area contributed by atoms with Crippen LogP contribution in [-0.2, 0) is 9.59 Å². The summed E-state index contributed by atoms with van der Waals surface area (Å²) in [4.78, 5) is 29.2. The lowest BCUT2D eigenvalue weighted by Gasteiger charge is -2.27. The van der Waals surface area contributed by atoms with E-state index in [2.05, 4.69) is 19.1 Å². The number of unbranched alkanes of at least 4 members (excludes halogenated alkanes) is 11. The summed E-state index contributed by atoms with van der Waals surface area (Å²) < 4.78 is 0. The predicted molar refractivity (Wildman–Crippen MR) is 130 cm³/mol. The lowest BCUT2D eigenvalue weighted by atomic mass is 10.1. The molecule has 2 fully saturated rings. The fraction of sp³-hybridized carbons (Fsp3) is 0.852. The van der Waals surface area contributed by atoms with Crippen LogP contribution in [-0.4, -0.2) is 47.3 Å². The molecule has 0 aromatic heterocycles. The maximum atomic E-state index is 12.7. The minimum Gasteiger partial charge on any atom is -0.341 e. The smallest absolute Gasteiger partial charge is 0.245 e. The van der Waals surface area contributed by atoms with Crippen LogP contribution in [0.2, 0.25) is 0 Å². The van der Waals surface area contributed by atoms with Gasteiger partial charge in [0.1, 0.15) is 6.04 Å². The van der Waals surface area contributed by atoms with Crippen molar-refractivity contribution in [1.29, 1.82) is 0 Å². The molecule has 0 N–H and O–H groups in total. The van der Waals surface area contributed by atoms with Crippen molar-refractivity contribution in [3.8, 4) is 0 Å². The Labute approximate surface area is 191 Å². The number of allylic oxidation sites excluding steroid dienone is 2. The van der Waals surface area contributed by atoms with Crippen LogP contribution in [0.25, 0.3) is 0 Å². The van der Waals surface area contributed by atoms with Crippen LogP contribution in [0.1, 0.15) is 122 Å². The Bertz CT molecular complexity index is 525. The summed E-state index contributed by atoms with van der Waals surface area (Å²) in [6.07, 6.45) is 25.9. The number of carbonyl (C=O) groups is 2. The van der Waals surface area contributed by atoms with Gasteiger partial charge in [0.05, 0.1) is 0 Å². The van der Waals surface area contributed by atoms with Crippen molar-refractivity contribution in [2.24, 2.45) is 0 Å². The molecule has 1 atom stereocenters. The molecule has 0 aromatic rings. The fourth-order valence-electron chi connectivity index (χ4n) is 4.96. The third-order valence-electron chi connectivity index (χ3n) is 6.93. The first-order valence-corrected chi connectivity index (χ1v) is 13.5. The Kier molecular flexibility index (Phi) is 13.7. The van der Waals surface area contributed by atoms with Gasteiger partial charge in [-0.1, -0.05) is 70.4 Å². The average Bonchev–Trinajstić information content (AvgIpc) is 3.48. The number of hydrogen-bond donors (Lipinski definition) is 0. The van der Waals surface area contributed by atoms with E-state index in [0.717, 1.165) is 58.2 Å². The van der Waals surface area contributed by atoms with Gasteiger partial charge in [0.25, 0.3) is 0 Å². The molecule has 0 radical (unpaired) electrons. The third kappa shape index (κ3) is 10.2. The van der Waals surface area contributed by atoms with Gasteiger partial charge in [0.2, 0.25) is 11.8 Å². The molecular formula is C27H48N2O2. The molecule has 0 bridgehead atoms. The van der Waals surface area contributed by atoms with Gasteiger partial charge in [-0.05, 0) is 57.8 Å².